The Bertz CT molecular complexity index is 1140. The Morgan fingerprint density at radius 2 is 1.68 bits per heavy atom. The normalized spacial score (nSPS) is 14.5. The highest BCUT2D eigenvalue weighted by molar-refractivity contribution is 6.18. The second-order valence-corrected chi connectivity index (χ2v) is 7.14. The summed E-state index contributed by atoms with van der Waals surface area (Å²) in [6, 6.07) is 21.2. The van der Waals surface area contributed by atoms with Gasteiger partial charge in [0.25, 0.3) is 0 Å². The fraction of sp³-hybridized carbons (Fsp3) is 0.143. The van der Waals surface area contributed by atoms with E-state index in [4.69, 9.17) is 4.65 Å². The number of hydrogen-bond donors (Lipinski definition) is 1. The van der Waals surface area contributed by atoms with Crippen LogP contribution in [0.3, 0.4) is 0 Å². The second kappa shape index (κ2) is 4.90. The largest absolute Gasteiger partial charge is 0.539 e. The molecule has 0 amide bonds. The van der Waals surface area contributed by atoms with Gasteiger partial charge >= 0.3 is 7.69 Å². The van der Waals surface area contributed by atoms with Crippen molar-refractivity contribution >= 4 is 29.5 Å². The molecule has 1 N–H and O–H groups in total. The maximum Gasteiger partial charge on any atom is 0.504 e. The standard InChI is InChI=1S/C21H18BNO2/c1-21(2)16-8-4-6-10-19(16)23-18-9-5-3-7-14(18)15-11-13(25-22-24)12-17(21)20(15)23/h3-12,22,24H,1-2H3. The summed E-state index contributed by atoms with van der Waals surface area (Å²) in [5.74, 6) is 0.709. The maximum absolute atomic E-state index is 9.25. The number of rotatable bonds is 2. The Labute approximate surface area is 146 Å². The summed E-state index contributed by atoms with van der Waals surface area (Å²) in [5.41, 5.74) is 6.04. The fourth-order valence-corrected chi connectivity index (χ4v) is 4.30. The van der Waals surface area contributed by atoms with Crippen LogP contribution < -0.4 is 4.65 Å². The highest BCUT2D eigenvalue weighted by atomic mass is 16.5. The van der Waals surface area contributed by atoms with Crippen molar-refractivity contribution in [2.45, 2.75) is 19.3 Å². The molecule has 0 fully saturated rings. The molecule has 122 valence electrons. The van der Waals surface area contributed by atoms with E-state index >= 15 is 0 Å². The average Bonchev–Trinajstić information content (AvgIpc) is 2.95. The van der Waals surface area contributed by atoms with Crippen LogP contribution >= 0.6 is 0 Å². The van der Waals surface area contributed by atoms with Crippen molar-refractivity contribution < 1.29 is 9.68 Å². The topological polar surface area (TPSA) is 34.4 Å². The van der Waals surface area contributed by atoms with E-state index in [-0.39, 0.29) is 13.1 Å². The molecule has 1 aliphatic heterocycles. The lowest BCUT2D eigenvalue weighted by Crippen LogP contribution is -2.26. The third kappa shape index (κ3) is 1.80. The van der Waals surface area contributed by atoms with Crippen molar-refractivity contribution in [3.63, 3.8) is 0 Å². The predicted octanol–water partition coefficient (Wildman–Crippen LogP) is 4.06. The summed E-state index contributed by atoms with van der Waals surface area (Å²) in [7, 11) is -0.319. The van der Waals surface area contributed by atoms with Crippen LogP contribution in [0.5, 0.6) is 5.75 Å². The number of aromatic nitrogens is 1. The van der Waals surface area contributed by atoms with Crippen LogP contribution in [-0.4, -0.2) is 17.3 Å². The average molecular weight is 327 g/mol. The molecule has 4 aromatic rings. The van der Waals surface area contributed by atoms with Crippen LogP contribution in [0.25, 0.3) is 27.5 Å². The molecular formula is C21H18BNO2. The molecule has 0 atom stereocenters. The van der Waals surface area contributed by atoms with Gasteiger partial charge < -0.3 is 14.2 Å². The molecule has 5 rings (SSSR count). The van der Waals surface area contributed by atoms with Gasteiger partial charge in [-0.2, -0.15) is 0 Å². The van der Waals surface area contributed by atoms with Crippen molar-refractivity contribution in [3.8, 4) is 11.4 Å². The number of nitrogens with zero attached hydrogens (tertiary/aromatic N) is 1. The van der Waals surface area contributed by atoms with Crippen molar-refractivity contribution in [3.05, 3.63) is 71.8 Å². The molecule has 25 heavy (non-hydrogen) atoms. The Hall–Kier alpha value is -2.72. The quantitative estimate of drug-likeness (QED) is 0.564. The minimum Gasteiger partial charge on any atom is -0.539 e. The molecule has 2 heterocycles. The SMILES string of the molecule is CC1(C)c2ccccc2-n2c3ccccc3c3cc(OBO)cc1c32. The van der Waals surface area contributed by atoms with Crippen LogP contribution in [-0.2, 0) is 5.41 Å². The molecule has 0 saturated heterocycles. The summed E-state index contributed by atoms with van der Waals surface area (Å²) >= 11 is 0. The molecule has 0 spiro atoms. The number of para-hydroxylation sites is 2. The molecule has 0 radical (unpaired) electrons. The van der Waals surface area contributed by atoms with Crippen LogP contribution in [0.4, 0.5) is 0 Å². The Morgan fingerprint density at radius 1 is 0.920 bits per heavy atom. The van der Waals surface area contributed by atoms with E-state index in [1.807, 2.05) is 6.07 Å². The maximum atomic E-state index is 9.25. The minimum atomic E-state index is -0.319. The zero-order valence-corrected chi connectivity index (χ0v) is 14.3. The van der Waals surface area contributed by atoms with E-state index < -0.39 is 0 Å². The molecule has 0 bridgehead atoms. The molecule has 0 aliphatic carbocycles. The van der Waals surface area contributed by atoms with Gasteiger partial charge in [-0.05, 0) is 35.4 Å². The summed E-state index contributed by atoms with van der Waals surface area (Å²) in [4.78, 5) is 0. The van der Waals surface area contributed by atoms with Gasteiger partial charge in [0.1, 0.15) is 5.75 Å². The van der Waals surface area contributed by atoms with Gasteiger partial charge in [0.05, 0.1) is 16.7 Å². The van der Waals surface area contributed by atoms with Crippen LogP contribution in [0.2, 0.25) is 0 Å². The van der Waals surface area contributed by atoms with E-state index in [0.29, 0.717) is 5.75 Å². The third-order valence-corrected chi connectivity index (χ3v) is 5.47. The second-order valence-electron chi connectivity index (χ2n) is 7.14. The first-order chi connectivity index (χ1) is 12.1. The van der Waals surface area contributed by atoms with Crippen LogP contribution in [0, 0.1) is 0 Å². The monoisotopic (exact) mass is 327 g/mol. The van der Waals surface area contributed by atoms with Gasteiger partial charge in [-0.3, -0.25) is 0 Å². The highest BCUT2D eigenvalue weighted by Crippen LogP contribution is 2.48. The minimum absolute atomic E-state index is 0.145. The molecule has 1 aromatic heterocycles. The summed E-state index contributed by atoms with van der Waals surface area (Å²) in [6.45, 7) is 4.51. The number of hydrogen-bond acceptors (Lipinski definition) is 2. The highest BCUT2D eigenvalue weighted by Gasteiger charge is 2.35. The van der Waals surface area contributed by atoms with Gasteiger partial charge in [-0.15, -0.1) is 0 Å². The molecule has 3 aromatic carbocycles. The zero-order chi connectivity index (χ0) is 17.2. The first kappa shape index (κ1) is 14.6. The first-order valence-electron chi connectivity index (χ1n) is 8.54. The van der Waals surface area contributed by atoms with Gasteiger partial charge in [0.15, 0.2) is 0 Å². The third-order valence-electron chi connectivity index (χ3n) is 5.47. The predicted molar refractivity (Wildman–Crippen MR) is 103 cm³/mol. The van der Waals surface area contributed by atoms with Gasteiger partial charge in [0, 0.05) is 16.2 Å². The van der Waals surface area contributed by atoms with E-state index in [9.17, 15) is 5.02 Å². The van der Waals surface area contributed by atoms with Crippen LogP contribution in [0.1, 0.15) is 25.0 Å². The van der Waals surface area contributed by atoms with Crippen molar-refractivity contribution in [2.75, 3.05) is 0 Å². The van der Waals surface area contributed by atoms with Gasteiger partial charge in [-0.1, -0.05) is 50.2 Å². The summed E-state index contributed by atoms with van der Waals surface area (Å²) < 4.78 is 7.83. The molecule has 1 aliphatic rings. The molecule has 0 unspecified atom stereocenters. The fourth-order valence-electron chi connectivity index (χ4n) is 4.30. The lowest BCUT2D eigenvalue weighted by Gasteiger charge is -2.34. The van der Waals surface area contributed by atoms with Gasteiger partial charge in [0.2, 0.25) is 0 Å². The number of fused-ring (bicyclic) bond motifs is 5. The Kier molecular flexibility index (Phi) is 2.86. The van der Waals surface area contributed by atoms with E-state index in [2.05, 4.69) is 73.0 Å². The van der Waals surface area contributed by atoms with Crippen molar-refractivity contribution in [1.82, 2.24) is 4.57 Å². The first-order valence-corrected chi connectivity index (χ1v) is 8.54. The Morgan fingerprint density at radius 3 is 2.52 bits per heavy atom. The lowest BCUT2D eigenvalue weighted by atomic mass is 9.74. The zero-order valence-electron chi connectivity index (χ0n) is 14.3. The van der Waals surface area contributed by atoms with E-state index in [1.165, 1.54) is 38.6 Å². The van der Waals surface area contributed by atoms with Crippen molar-refractivity contribution in [2.24, 2.45) is 0 Å². The Balaban J connectivity index is 2.06. The molecule has 0 saturated carbocycles. The smallest absolute Gasteiger partial charge is 0.504 e. The van der Waals surface area contributed by atoms with Gasteiger partial charge in [-0.25, -0.2) is 0 Å². The number of benzene rings is 3. The summed E-state index contributed by atoms with van der Waals surface area (Å²) in [6.07, 6.45) is 0. The lowest BCUT2D eigenvalue weighted by molar-refractivity contribution is 0.453. The van der Waals surface area contributed by atoms with E-state index in [1.54, 1.807) is 0 Å². The molecular weight excluding hydrogens is 309 g/mol. The molecule has 3 nitrogen and oxygen atoms in total. The molecule has 4 heteroatoms. The van der Waals surface area contributed by atoms with Crippen LogP contribution in [0.15, 0.2) is 60.7 Å². The van der Waals surface area contributed by atoms with Crippen molar-refractivity contribution in [1.29, 1.82) is 0 Å². The summed E-state index contributed by atoms with van der Waals surface area (Å²) in [5, 5.41) is 11.6. The van der Waals surface area contributed by atoms with E-state index in [0.717, 1.165) is 0 Å².